The summed E-state index contributed by atoms with van der Waals surface area (Å²) in [5.74, 6) is 0.433. The number of nitrogens with two attached hydrogens (primary N) is 1. The minimum atomic E-state index is -0.213. The third kappa shape index (κ3) is 3.30. The fourth-order valence-electron chi connectivity index (χ4n) is 3.20. The molecule has 0 unspecified atom stereocenters. The number of nitrogens with zero attached hydrogens (tertiary/aromatic N) is 4. The zero-order valence-electron chi connectivity index (χ0n) is 14.2. The van der Waals surface area contributed by atoms with Crippen molar-refractivity contribution in [2.24, 2.45) is 11.7 Å². The quantitative estimate of drug-likeness (QED) is 0.768. The van der Waals surface area contributed by atoms with Gasteiger partial charge in [-0.25, -0.2) is 9.97 Å². The Morgan fingerprint density at radius 3 is 2.65 bits per heavy atom. The summed E-state index contributed by atoms with van der Waals surface area (Å²) < 4.78 is 0. The highest BCUT2D eigenvalue weighted by Crippen LogP contribution is 2.33. The molecule has 1 aliphatic rings. The fraction of sp³-hybridized carbons (Fsp3) is 0.263. The lowest BCUT2D eigenvalue weighted by atomic mass is 9.96. The Labute approximate surface area is 155 Å². The lowest BCUT2D eigenvalue weighted by Gasteiger charge is -2.30. The van der Waals surface area contributed by atoms with Crippen molar-refractivity contribution in [3.8, 4) is 21.8 Å². The van der Waals surface area contributed by atoms with Gasteiger partial charge in [0, 0.05) is 37.0 Å². The lowest BCUT2D eigenvalue weighted by Crippen LogP contribution is -2.39. The molecule has 4 rings (SSSR count). The van der Waals surface area contributed by atoms with Gasteiger partial charge in [0.15, 0.2) is 0 Å². The summed E-state index contributed by atoms with van der Waals surface area (Å²) >= 11 is 1.65. The molecule has 1 amide bonds. The number of primary amides is 1. The average molecular weight is 365 g/mol. The molecule has 2 N–H and O–H groups in total. The number of carbonyl (C=O) groups is 1. The number of rotatable bonds is 4. The second kappa shape index (κ2) is 7.21. The third-order valence-corrected chi connectivity index (χ3v) is 5.53. The first-order valence-corrected chi connectivity index (χ1v) is 9.47. The maximum Gasteiger partial charge on any atom is 0.225 e. The van der Waals surface area contributed by atoms with Gasteiger partial charge in [0.05, 0.1) is 16.3 Å². The third-order valence-electron chi connectivity index (χ3n) is 4.65. The monoisotopic (exact) mass is 365 g/mol. The molecule has 3 aromatic heterocycles. The van der Waals surface area contributed by atoms with Crippen LogP contribution in [0.25, 0.3) is 21.8 Å². The van der Waals surface area contributed by atoms with E-state index < -0.39 is 0 Å². The molecular formula is C19H19N5OS. The second-order valence-electron chi connectivity index (χ2n) is 6.29. The van der Waals surface area contributed by atoms with Gasteiger partial charge in [-0.2, -0.15) is 0 Å². The topological polar surface area (TPSA) is 85.0 Å². The van der Waals surface area contributed by atoms with E-state index in [1.807, 2.05) is 35.8 Å². The van der Waals surface area contributed by atoms with Gasteiger partial charge in [0.25, 0.3) is 0 Å². The van der Waals surface area contributed by atoms with Crippen molar-refractivity contribution in [2.75, 3.05) is 18.0 Å². The molecule has 0 atom stereocenters. The molecule has 7 heteroatoms. The van der Waals surface area contributed by atoms with Gasteiger partial charge in [-0.3, -0.25) is 9.78 Å². The number of piperidine rings is 1. The summed E-state index contributed by atoms with van der Waals surface area (Å²) in [5, 5.41) is 2.04. The molecule has 3 aromatic rings. The van der Waals surface area contributed by atoms with Gasteiger partial charge in [0.2, 0.25) is 11.9 Å². The van der Waals surface area contributed by atoms with Crippen LogP contribution in [0.3, 0.4) is 0 Å². The van der Waals surface area contributed by atoms with Gasteiger partial charge in [-0.05, 0) is 36.4 Å². The first kappa shape index (κ1) is 16.7. The second-order valence-corrected chi connectivity index (χ2v) is 7.24. The van der Waals surface area contributed by atoms with Crippen molar-refractivity contribution in [1.29, 1.82) is 0 Å². The van der Waals surface area contributed by atoms with Crippen molar-refractivity contribution in [1.82, 2.24) is 15.0 Å². The van der Waals surface area contributed by atoms with Crippen molar-refractivity contribution in [3.63, 3.8) is 0 Å². The van der Waals surface area contributed by atoms with Crippen molar-refractivity contribution >= 4 is 23.2 Å². The van der Waals surface area contributed by atoms with Crippen molar-refractivity contribution < 1.29 is 4.79 Å². The molecule has 0 radical (unpaired) electrons. The molecule has 1 aliphatic heterocycles. The molecule has 0 aliphatic carbocycles. The average Bonchev–Trinajstić information content (AvgIpc) is 3.23. The molecule has 1 fully saturated rings. The molecular weight excluding hydrogens is 346 g/mol. The Hall–Kier alpha value is -2.80. The molecule has 6 nitrogen and oxygen atoms in total. The number of pyridine rings is 1. The molecule has 0 saturated carbocycles. The number of carbonyl (C=O) groups excluding carboxylic acids is 1. The zero-order chi connectivity index (χ0) is 17.9. The Morgan fingerprint density at radius 1 is 1.15 bits per heavy atom. The number of hydrogen-bond donors (Lipinski definition) is 1. The first-order chi connectivity index (χ1) is 12.7. The Morgan fingerprint density at radius 2 is 2.00 bits per heavy atom. The van der Waals surface area contributed by atoms with Crippen LogP contribution in [-0.4, -0.2) is 33.9 Å². The van der Waals surface area contributed by atoms with Crippen LogP contribution in [0.2, 0.25) is 0 Å². The smallest absolute Gasteiger partial charge is 0.225 e. The highest BCUT2D eigenvalue weighted by atomic mass is 32.1. The molecule has 0 spiro atoms. The van der Waals surface area contributed by atoms with Crippen LogP contribution in [0, 0.1) is 5.92 Å². The SMILES string of the molecule is NC(=O)C1CCN(c2ncc(-c3ccccn3)c(-c3cccs3)n2)CC1. The molecule has 26 heavy (non-hydrogen) atoms. The van der Waals surface area contributed by atoms with Crippen LogP contribution >= 0.6 is 11.3 Å². The lowest BCUT2D eigenvalue weighted by molar-refractivity contribution is -0.122. The highest BCUT2D eigenvalue weighted by molar-refractivity contribution is 7.13. The van der Waals surface area contributed by atoms with Gasteiger partial charge < -0.3 is 10.6 Å². The summed E-state index contributed by atoms with van der Waals surface area (Å²) in [6, 6.07) is 9.90. The number of thiophene rings is 1. The number of aromatic nitrogens is 3. The van der Waals surface area contributed by atoms with Gasteiger partial charge >= 0.3 is 0 Å². The molecule has 0 aromatic carbocycles. The molecule has 0 bridgehead atoms. The van der Waals surface area contributed by atoms with E-state index in [1.165, 1.54) is 0 Å². The maximum atomic E-state index is 11.4. The molecule has 4 heterocycles. The van der Waals surface area contributed by atoms with Gasteiger partial charge in [-0.15, -0.1) is 11.3 Å². The van der Waals surface area contributed by atoms with E-state index in [-0.39, 0.29) is 11.8 Å². The van der Waals surface area contributed by atoms with E-state index >= 15 is 0 Å². The molecule has 132 valence electrons. The van der Waals surface area contributed by atoms with Crippen molar-refractivity contribution in [2.45, 2.75) is 12.8 Å². The summed E-state index contributed by atoms with van der Waals surface area (Å²) in [4.78, 5) is 28.5. The first-order valence-electron chi connectivity index (χ1n) is 8.59. The van der Waals surface area contributed by atoms with E-state index in [2.05, 4.69) is 20.9 Å². The van der Waals surface area contributed by atoms with Crippen molar-refractivity contribution in [3.05, 3.63) is 48.1 Å². The van der Waals surface area contributed by atoms with Gasteiger partial charge in [-0.1, -0.05) is 12.1 Å². The van der Waals surface area contributed by atoms with E-state index in [0.29, 0.717) is 5.95 Å². The Balaban J connectivity index is 1.68. The number of hydrogen-bond acceptors (Lipinski definition) is 6. The summed E-state index contributed by atoms with van der Waals surface area (Å²) in [6.07, 6.45) is 5.11. The molecule has 1 saturated heterocycles. The minimum absolute atomic E-state index is 0.0455. The van der Waals surface area contributed by atoms with Crippen LogP contribution in [0.15, 0.2) is 48.1 Å². The predicted octanol–water partition coefficient (Wildman–Crippen LogP) is 2.97. The summed E-state index contributed by atoms with van der Waals surface area (Å²) in [6.45, 7) is 1.47. The number of amides is 1. The zero-order valence-corrected chi connectivity index (χ0v) is 15.0. The fourth-order valence-corrected chi connectivity index (χ4v) is 3.93. The highest BCUT2D eigenvalue weighted by Gasteiger charge is 2.25. The summed E-state index contributed by atoms with van der Waals surface area (Å²) in [7, 11) is 0. The minimum Gasteiger partial charge on any atom is -0.369 e. The van der Waals surface area contributed by atoms with Gasteiger partial charge in [0.1, 0.15) is 0 Å². The van der Waals surface area contributed by atoms with Crippen LogP contribution in [0.1, 0.15) is 12.8 Å². The Kier molecular flexibility index (Phi) is 4.62. The van der Waals surface area contributed by atoms with Crippen LogP contribution in [0.4, 0.5) is 5.95 Å². The van der Waals surface area contributed by atoms with Crippen LogP contribution in [0.5, 0.6) is 0 Å². The predicted molar refractivity (Wildman–Crippen MR) is 103 cm³/mol. The summed E-state index contributed by atoms with van der Waals surface area (Å²) in [5.41, 5.74) is 8.10. The normalized spacial score (nSPS) is 15.2. The maximum absolute atomic E-state index is 11.4. The Bertz CT molecular complexity index is 890. The standard InChI is InChI=1S/C19H19N5OS/c20-18(25)13-6-9-24(10-7-13)19-22-12-14(15-4-1-2-8-21-15)17(23-19)16-5-3-11-26-16/h1-5,8,11-13H,6-7,9-10H2,(H2,20,25). The van der Waals surface area contributed by atoms with Crippen LogP contribution < -0.4 is 10.6 Å². The number of anilines is 1. The van der Waals surface area contributed by atoms with E-state index in [4.69, 9.17) is 10.7 Å². The van der Waals surface area contributed by atoms with E-state index in [9.17, 15) is 4.79 Å². The van der Waals surface area contributed by atoms with E-state index in [0.717, 1.165) is 47.8 Å². The van der Waals surface area contributed by atoms with E-state index in [1.54, 1.807) is 17.5 Å². The van der Waals surface area contributed by atoms with Crippen LogP contribution in [-0.2, 0) is 4.79 Å². The largest absolute Gasteiger partial charge is 0.369 e.